The van der Waals surface area contributed by atoms with Crippen LogP contribution in [0, 0.1) is 5.92 Å². The fraction of sp³-hybridized carbons (Fsp3) is 1.00. The van der Waals surface area contributed by atoms with Gasteiger partial charge in [0.2, 0.25) is 0 Å². The lowest BCUT2D eigenvalue weighted by Gasteiger charge is -2.41. The second-order valence-electron chi connectivity index (χ2n) is 6.33. The van der Waals surface area contributed by atoms with Crippen molar-refractivity contribution in [1.29, 1.82) is 0 Å². The van der Waals surface area contributed by atoms with E-state index in [-0.39, 0.29) is 0 Å². The number of hydrogen-bond acceptors (Lipinski definition) is 2. The second-order valence-corrected chi connectivity index (χ2v) is 6.33. The number of likely N-dealkylation sites (tertiary alicyclic amines) is 1. The van der Waals surface area contributed by atoms with Crippen LogP contribution < -0.4 is 5.32 Å². The first kappa shape index (κ1) is 13.4. The van der Waals surface area contributed by atoms with Gasteiger partial charge in [-0.1, -0.05) is 13.8 Å². The standard InChI is InChI=1S/C15H30N2/c1-4-8-16-14-7-9-17(13(3)11-14)15-6-5-12(2)10-15/h12-16H,4-11H2,1-3H3. The summed E-state index contributed by atoms with van der Waals surface area (Å²) in [6.07, 6.45) is 8.30. The maximum Gasteiger partial charge on any atom is 0.0101 e. The summed E-state index contributed by atoms with van der Waals surface area (Å²) in [4.78, 5) is 2.80. The van der Waals surface area contributed by atoms with E-state index < -0.39 is 0 Å². The summed E-state index contributed by atoms with van der Waals surface area (Å²) in [5.74, 6) is 0.961. The van der Waals surface area contributed by atoms with E-state index >= 15 is 0 Å². The molecule has 0 spiro atoms. The van der Waals surface area contributed by atoms with E-state index in [1.165, 1.54) is 51.6 Å². The predicted octanol–water partition coefficient (Wildman–Crippen LogP) is 3.03. The van der Waals surface area contributed by atoms with Crippen molar-refractivity contribution in [2.45, 2.75) is 77.4 Å². The molecule has 1 N–H and O–H groups in total. The quantitative estimate of drug-likeness (QED) is 0.810. The van der Waals surface area contributed by atoms with E-state index in [1.807, 2.05) is 0 Å². The third-order valence-electron chi connectivity index (χ3n) is 4.75. The topological polar surface area (TPSA) is 15.3 Å². The van der Waals surface area contributed by atoms with Crippen LogP contribution in [-0.2, 0) is 0 Å². The van der Waals surface area contributed by atoms with Crippen LogP contribution in [0.5, 0.6) is 0 Å². The minimum atomic E-state index is 0.778. The third-order valence-corrected chi connectivity index (χ3v) is 4.75. The molecule has 1 aliphatic heterocycles. The Morgan fingerprint density at radius 2 is 1.94 bits per heavy atom. The molecule has 0 amide bonds. The van der Waals surface area contributed by atoms with Crippen LogP contribution in [-0.4, -0.2) is 36.1 Å². The van der Waals surface area contributed by atoms with Gasteiger partial charge >= 0.3 is 0 Å². The van der Waals surface area contributed by atoms with Crippen LogP contribution in [0.15, 0.2) is 0 Å². The van der Waals surface area contributed by atoms with E-state index in [1.54, 1.807) is 0 Å². The molecule has 1 heterocycles. The number of nitrogens with one attached hydrogen (secondary N) is 1. The number of piperidine rings is 1. The van der Waals surface area contributed by atoms with Crippen LogP contribution >= 0.6 is 0 Å². The van der Waals surface area contributed by atoms with Crippen LogP contribution in [0.4, 0.5) is 0 Å². The molecular weight excluding hydrogens is 208 g/mol. The van der Waals surface area contributed by atoms with Crippen LogP contribution in [0.3, 0.4) is 0 Å². The Balaban J connectivity index is 1.79. The van der Waals surface area contributed by atoms with Crippen molar-refractivity contribution in [3.05, 3.63) is 0 Å². The summed E-state index contributed by atoms with van der Waals surface area (Å²) in [5.41, 5.74) is 0. The fourth-order valence-electron chi connectivity index (χ4n) is 3.74. The van der Waals surface area contributed by atoms with E-state index in [2.05, 4.69) is 31.0 Å². The molecule has 0 aromatic carbocycles. The van der Waals surface area contributed by atoms with Crippen LogP contribution in [0.1, 0.15) is 59.3 Å². The molecule has 100 valence electrons. The second kappa shape index (κ2) is 6.19. The SMILES string of the molecule is CCCNC1CCN(C2CCC(C)C2)C(C)C1. The van der Waals surface area contributed by atoms with Crippen molar-refractivity contribution >= 4 is 0 Å². The smallest absolute Gasteiger partial charge is 0.0101 e. The predicted molar refractivity (Wildman–Crippen MR) is 74.3 cm³/mol. The van der Waals surface area contributed by atoms with Gasteiger partial charge in [0, 0.05) is 24.7 Å². The highest BCUT2D eigenvalue weighted by molar-refractivity contribution is 4.89. The molecule has 1 saturated heterocycles. The molecular formula is C15H30N2. The van der Waals surface area contributed by atoms with Gasteiger partial charge in [-0.05, 0) is 57.9 Å². The van der Waals surface area contributed by atoms with Gasteiger partial charge in [0.1, 0.15) is 0 Å². The Bertz CT molecular complexity index is 229. The van der Waals surface area contributed by atoms with E-state index in [0.717, 1.165) is 24.0 Å². The van der Waals surface area contributed by atoms with Crippen molar-refractivity contribution in [2.75, 3.05) is 13.1 Å². The monoisotopic (exact) mass is 238 g/mol. The van der Waals surface area contributed by atoms with Gasteiger partial charge in [-0.25, -0.2) is 0 Å². The summed E-state index contributed by atoms with van der Waals surface area (Å²) in [7, 11) is 0. The van der Waals surface area contributed by atoms with Gasteiger partial charge in [-0.3, -0.25) is 4.90 Å². The Hall–Kier alpha value is -0.0800. The zero-order chi connectivity index (χ0) is 12.3. The maximum absolute atomic E-state index is 3.69. The van der Waals surface area contributed by atoms with E-state index in [0.29, 0.717) is 0 Å². The Morgan fingerprint density at radius 3 is 2.53 bits per heavy atom. The van der Waals surface area contributed by atoms with Gasteiger partial charge in [-0.2, -0.15) is 0 Å². The lowest BCUT2D eigenvalue weighted by Crippen LogP contribution is -2.50. The van der Waals surface area contributed by atoms with Crippen molar-refractivity contribution in [3.63, 3.8) is 0 Å². The largest absolute Gasteiger partial charge is 0.314 e. The van der Waals surface area contributed by atoms with Crippen molar-refractivity contribution in [1.82, 2.24) is 10.2 Å². The van der Waals surface area contributed by atoms with Crippen molar-refractivity contribution < 1.29 is 0 Å². The molecule has 4 unspecified atom stereocenters. The van der Waals surface area contributed by atoms with E-state index in [9.17, 15) is 0 Å². The average molecular weight is 238 g/mol. The molecule has 1 aliphatic carbocycles. The summed E-state index contributed by atoms with van der Waals surface area (Å²) in [6.45, 7) is 9.62. The van der Waals surface area contributed by atoms with Crippen molar-refractivity contribution in [3.8, 4) is 0 Å². The number of nitrogens with zero attached hydrogens (tertiary/aromatic N) is 1. The maximum atomic E-state index is 3.69. The van der Waals surface area contributed by atoms with Crippen molar-refractivity contribution in [2.24, 2.45) is 5.92 Å². The summed E-state index contributed by atoms with van der Waals surface area (Å²) in [5, 5.41) is 3.69. The van der Waals surface area contributed by atoms with Gasteiger partial charge in [0.25, 0.3) is 0 Å². The molecule has 2 fully saturated rings. The molecule has 2 nitrogen and oxygen atoms in total. The molecule has 0 bridgehead atoms. The zero-order valence-corrected chi connectivity index (χ0v) is 11.9. The van der Waals surface area contributed by atoms with E-state index in [4.69, 9.17) is 0 Å². The van der Waals surface area contributed by atoms with Crippen LogP contribution in [0.25, 0.3) is 0 Å². The summed E-state index contributed by atoms with van der Waals surface area (Å²) >= 11 is 0. The minimum absolute atomic E-state index is 0.778. The first-order valence-corrected chi connectivity index (χ1v) is 7.69. The molecule has 4 atom stereocenters. The Morgan fingerprint density at radius 1 is 1.12 bits per heavy atom. The van der Waals surface area contributed by atoms with Crippen LogP contribution in [0.2, 0.25) is 0 Å². The first-order chi connectivity index (χ1) is 8.20. The number of hydrogen-bond donors (Lipinski definition) is 1. The normalized spacial score (nSPS) is 39.7. The highest BCUT2D eigenvalue weighted by Crippen LogP contribution is 2.32. The number of rotatable bonds is 4. The molecule has 0 radical (unpaired) electrons. The zero-order valence-electron chi connectivity index (χ0n) is 11.9. The lowest BCUT2D eigenvalue weighted by molar-refractivity contribution is 0.0886. The molecule has 0 aromatic rings. The Kier molecular flexibility index (Phi) is 4.87. The lowest BCUT2D eigenvalue weighted by atomic mass is 9.95. The molecule has 2 aliphatic rings. The minimum Gasteiger partial charge on any atom is -0.314 e. The fourth-order valence-corrected chi connectivity index (χ4v) is 3.74. The third kappa shape index (κ3) is 3.45. The Labute approximate surface area is 107 Å². The molecule has 1 saturated carbocycles. The molecule has 2 heteroatoms. The summed E-state index contributed by atoms with van der Waals surface area (Å²) < 4.78 is 0. The van der Waals surface area contributed by atoms with Gasteiger partial charge in [-0.15, -0.1) is 0 Å². The van der Waals surface area contributed by atoms with Gasteiger partial charge < -0.3 is 5.32 Å². The van der Waals surface area contributed by atoms with Gasteiger partial charge in [0.15, 0.2) is 0 Å². The summed E-state index contributed by atoms with van der Waals surface area (Å²) in [6, 6.07) is 2.46. The molecule has 0 aromatic heterocycles. The molecule has 17 heavy (non-hydrogen) atoms. The van der Waals surface area contributed by atoms with Gasteiger partial charge in [0.05, 0.1) is 0 Å². The highest BCUT2D eigenvalue weighted by atomic mass is 15.2. The highest BCUT2D eigenvalue weighted by Gasteiger charge is 2.33. The average Bonchev–Trinajstić information content (AvgIpc) is 2.73. The molecule has 2 rings (SSSR count). The first-order valence-electron chi connectivity index (χ1n) is 7.69.